The van der Waals surface area contributed by atoms with E-state index in [1.165, 1.54) is 53.8 Å². The first kappa shape index (κ1) is 21.8. The average Bonchev–Trinajstić information content (AvgIpc) is 3.38. The second kappa shape index (κ2) is 8.06. The summed E-state index contributed by atoms with van der Waals surface area (Å²) >= 11 is 5.48. The van der Waals surface area contributed by atoms with E-state index in [0.717, 1.165) is 10.2 Å². The van der Waals surface area contributed by atoms with Crippen molar-refractivity contribution in [1.82, 2.24) is 0 Å². The predicted molar refractivity (Wildman–Crippen MR) is 159 cm³/mol. The Morgan fingerprint density at radius 2 is 1.22 bits per heavy atom. The molecule has 1 aromatic heterocycles. The maximum absolute atomic E-state index is 3.62. The molecule has 1 aliphatic carbocycles. The predicted octanol–water partition coefficient (Wildman–Crippen LogP) is 10.6. The number of halogens is 1. The van der Waals surface area contributed by atoms with Crippen LogP contribution in [0.15, 0.2) is 114 Å². The van der Waals surface area contributed by atoms with Gasteiger partial charge in [0.15, 0.2) is 0 Å². The number of rotatable bonds is 3. The lowest BCUT2D eigenvalue weighted by Gasteiger charge is -2.28. The molecule has 0 radical (unpaired) electrons. The van der Waals surface area contributed by atoms with E-state index in [9.17, 15) is 0 Å². The van der Waals surface area contributed by atoms with Gasteiger partial charge in [0.25, 0.3) is 0 Å². The van der Waals surface area contributed by atoms with E-state index in [-0.39, 0.29) is 5.41 Å². The molecule has 0 saturated heterocycles. The summed E-state index contributed by atoms with van der Waals surface area (Å²) in [5, 5.41) is 2.63. The zero-order valence-corrected chi connectivity index (χ0v) is 22.5. The van der Waals surface area contributed by atoms with E-state index in [0.29, 0.717) is 0 Å². The molecule has 0 unspecified atom stereocenters. The van der Waals surface area contributed by atoms with Crippen LogP contribution in [0.5, 0.6) is 0 Å². The van der Waals surface area contributed by atoms with E-state index < -0.39 is 0 Å². The fraction of sp³-hybridized carbons (Fsp3) is 0.0909. The Morgan fingerprint density at radius 3 is 2.08 bits per heavy atom. The molecular weight excluding hydrogens is 522 g/mol. The third-order valence-corrected chi connectivity index (χ3v) is 9.21. The Kier molecular flexibility index (Phi) is 4.89. The number of benzene rings is 5. The molecule has 1 heterocycles. The molecule has 0 N–H and O–H groups in total. The molecule has 5 aromatic carbocycles. The van der Waals surface area contributed by atoms with Crippen LogP contribution < -0.4 is 4.90 Å². The number of hydrogen-bond donors (Lipinski definition) is 0. The fourth-order valence-corrected chi connectivity index (χ4v) is 7.07. The zero-order valence-electron chi connectivity index (χ0n) is 20.1. The highest BCUT2D eigenvalue weighted by Gasteiger charge is 2.35. The minimum atomic E-state index is -0.0408. The minimum absolute atomic E-state index is 0.0408. The minimum Gasteiger partial charge on any atom is -0.310 e. The molecular formula is C33H24BrNS. The van der Waals surface area contributed by atoms with Crippen LogP contribution in [0, 0.1) is 0 Å². The lowest BCUT2D eigenvalue weighted by Crippen LogP contribution is -2.16. The monoisotopic (exact) mass is 545 g/mol. The molecule has 36 heavy (non-hydrogen) atoms. The van der Waals surface area contributed by atoms with E-state index in [1.807, 2.05) is 11.3 Å². The van der Waals surface area contributed by atoms with Crippen molar-refractivity contribution in [2.24, 2.45) is 0 Å². The Bertz CT molecular complexity index is 1780. The van der Waals surface area contributed by atoms with Crippen molar-refractivity contribution in [2.75, 3.05) is 4.90 Å². The van der Waals surface area contributed by atoms with Crippen LogP contribution >= 0.6 is 27.3 Å². The molecule has 0 saturated carbocycles. The van der Waals surface area contributed by atoms with Crippen LogP contribution in [0.1, 0.15) is 25.0 Å². The summed E-state index contributed by atoms with van der Waals surface area (Å²) in [5.74, 6) is 0. The van der Waals surface area contributed by atoms with Gasteiger partial charge >= 0.3 is 0 Å². The van der Waals surface area contributed by atoms with Crippen molar-refractivity contribution in [2.45, 2.75) is 19.3 Å². The summed E-state index contributed by atoms with van der Waals surface area (Å²) < 4.78 is 3.73. The van der Waals surface area contributed by atoms with Crippen LogP contribution in [-0.4, -0.2) is 0 Å². The van der Waals surface area contributed by atoms with Gasteiger partial charge in [0.05, 0.1) is 0 Å². The summed E-state index contributed by atoms with van der Waals surface area (Å²) in [6, 6.07) is 40.0. The van der Waals surface area contributed by atoms with Gasteiger partial charge in [-0.05, 0) is 82.9 Å². The molecule has 0 bridgehead atoms. The quantitative estimate of drug-likeness (QED) is 0.213. The molecule has 6 aromatic rings. The highest BCUT2D eigenvalue weighted by molar-refractivity contribution is 9.10. The SMILES string of the molecule is CC1(C)c2ccccc2-c2ccc(N(c3ccc(Br)cc3)c3ccc4sc5ccccc5c4c3)cc21. The number of fused-ring (bicyclic) bond motifs is 6. The Balaban J connectivity index is 1.44. The van der Waals surface area contributed by atoms with Gasteiger partial charge in [-0.2, -0.15) is 0 Å². The van der Waals surface area contributed by atoms with E-state index >= 15 is 0 Å². The molecule has 1 aliphatic rings. The molecule has 0 atom stereocenters. The van der Waals surface area contributed by atoms with Crippen molar-refractivity contribution in [1.29, 1.82) is 0 Å². The smallest absolute Gasteiger partial charge is 0.0468 e. The van der Waals surface area contributed by atoms with Gasteiger partial charge in [0.1, 0.15) is 0 Å². The van der Waals surface area contributed by atoms with Gasteiger partial charge in [-0.1, -0.05) is 78.3 Å². The third-order valence-electron chi connectivity index (χ3n) is 7.53. The third kappa shape index (κ3) is 3.27. The summed E-state index contributed by atoms with van der Waals surface area (Å²) in [7, 11) is 0. The highest BCUT2D eigenvalue weighted by Crippen LogP contribution is 2.50. The van der Waals surface area contributed by atoms with E-state index in [1.54, 1.807) is 0 Å². The molecule has 174 valence electrons. The maximum atomic E-state index is 3.62. The highest BCUT2D eigenvalue weighted by atomic mass is 79.9. The van der Waals surface area contributed by atoms with E-state index in [2.05, 4.69) is 144 Å². The van der Waals surface area contributed by atoms with Gasteiger partial charge in [0, 0.05) is 47.1 Å². The molecule has 0 aliphatic heterocycles. The zero-order chi connectivity index (χ0) is 24.4. The second-order valence-electron chi connectivity index (χ2n) is 9.99. The number of anilines is 3. The van der Waals surface area contributed by atoms with Gasteiger partial charge in [0.2, 0.25) is 0 Å². The van der Waals surface area contributed by atoms with Crippen molar-refractivity contribution in [3.05, 3.63) is 125 Å². The Hall–Kier alpha value is -3.40. The first-order valence-corrected chi connectivity index (χ1v) is 13.8. The van der Waals surface area contributed by atoms with Crippen molar-refractivity contribution >= 4 is 64.5 Å². The Labute approximate surface area is 223 Å². The maximum Gasteiger partial charge on any atom is 0.0468 e. The lowest BCUT2D eigenvalue weighted by molar-refractivity contribution is 0.660. The second-order valence-corrected chi connectivity index (χ2v) is 12.0. The summed E-state index contributed by atoms with van der Waals surface area (Å²) in [4.78, 5) is 2.39. The molecule has 0 amide bonds. The number of hydrogen-bond acceptors (Lipinski definition) is 2. The van der Waals surface area contributed by atoms with Gasteiger partial charge in [-0.15, -0.1) is 11.3 Å². The summed E-state index contributed by atoms with van der Waals surface area (Å²) in [6.45, 7) is 4.68. The van der Waals surface area contributed by atoms with E-state index in [4.69, 9.17) is 0 Å². The van der Waals surface area contributed by atoms with Crippen LogP contribution in [-0.2, 0) is 5.41 Å². The van der Waals surface area contributed by atoms with Crippen LogP contribution in [0.3, 0.4) is 0 Å². The van der Waals surface area contributed by atoms with Gasteiger partial charge in [-0.25, -0.2) is 0 Å². The fourth-order valence-electron chi connectivity index (χ4n) is 5.72. The van der Waals surface area contributed by atoms with Crippen LogP contribution in [0.4, 0.5) is 17.1 Å². The largest absolute Gasteiger partial charge is 0.310 e. The molecule has 1 nitrogen and oxygen atoms in total. The lowest BCUT2D eigenvalue weighted by atomic mass is 9.82. The Morgan fingerprint density at radius 1 is 0.583 bits per heavy atom. The molecule has 3 heteroatoms. The standard InChI is InChI=1S/C33H24BrNS/c1-33(2)29-9-5-3-7-25(29)26-17-15-24(20-30(26)33)35(22-13-11-21(34)12-14-22)23-16-18-32-28(19-23)27-8-4-6-10-31(27)36-32/h3-20H,1-2H3. The topological polar surface area (TPSA) is 3.24 Å². The number of nitrogens with zero attached hydrogens (tertiary/aromatic N) is 1. The van der Waals surface area contributed by atoms with Crippen molar-refractivity contribution < 1.29 is 0 Å². The average molecular weight is 547 g/mol. The molecule has 0 spiro atoms. The normalized spacial score (nSPS) is 13.6. The molecule has 7 rings (SSSR count). The molecule has 0 fully saturated rings. The van der Waals surface area contributed by atoms with Crippen molar-refractivity contribution in [3.63, 3.8) is 0 Å². The first-order chi connectivity index (χ1) is 17.5. The first-order valence-electron chi connectivity index (χ1n) is 12.2. The van der Waals surface area contributed by atoms with Crippen LogP contribution in [0.25, 0.3) is 31.3 Å². The summed E-state index contributed by atoms with van der Waals surface area (Å²) in [6.07, 6.45) is 0. The number of thiophene rings is 1. The van der Waals surface area contributed by atoms with Gasteiger partial charge < -0.3 is 4.90 Å². The van der Waals surface area contributed by atoms with Crippen molar-refractivity contribution in [3.8, 4) is 11.1 Å². The summed E-state index contributed by atoms with van der Waals surface area (Å²) in [5.41, 5.74) is 8.92. The van der Waals surface area contributed by atoms with Crippen LogP contribution in [0.2, 0.25) is 0 Å². The van der Waals surface area contributed by atoms with Gasteiger partial charge in [-0.3, -0.25) is 0 Å².